The van der Waals surface area contributed by atoms with Crippen LogP contribution >= 0.6 is 0 Å². The molecule has 0 fully saturated rings. The van der Waals surface area contributed by atoms with E-state index in [1.165, 1.54) is 0 Å². The highest BCUT2D eigenvalue weighted by Gasteiger charge is 2.16. The summed E-state index contributed by atoms with van der Waals surface area (Å²) in [4.78, 5) is 12.2. The van der Waals surface area contributed by atoms with Crippen molar-refractivity contribution in [1.29, 1.82) is 5.26 Å². The molecule has 0 aromatic heterocycles. The first kappa shape index (κ1) is 14.6. The largest absolute Gasteiger partial charge is 0.481 e. The number of hydrogen-bond donors (Lipinski definition) is 1. The number of nitrogens with one attached hydrogen (secondary N) is 1. The topological polar surface area (TPSA) is 62.1 Å². The maximum atomic E-state index is 12.2. The van der Waals surface area contributed by atoms with E-state index in [9.17, 15) is 4.79 Å². The maximum absolute atomic E-state index is 12.2. The molecule has 1 N–H and O–H groups in total. The first-order valence-electron chi connectivity index (χ1n) is 6.64. The molecular formula is C17H16N2O2. The molecule has 0 aliphatic rings. The van der Waals surface area contributed by atoms with E-state index < -0.39 is 6.10 Å². The van der Waals surface area contributed by atoms with Crippen molar-refractivity contribution in [2.75, 3.05) is 5.32 Å². The summed E-state index contributed by atoms with van der Waals surface area (Å²) in [6.07, 6.45) is -0.655. The van der Waals surface area contributed by atoms with Crippen LogP contribution in [0.25, 0.3) is 0 Å². The SMILES string of the molecule is Cc1ccccc1O[C@@H](C)C(=O)Nc1ccccc1C#N. The Labute approximate surface area is 124 Å². The second-order valence-corrected chi connectivity index (χ2v) is 4.67. The number of amides is 1. The Hall–Kier alpha value is -2.80. The molecule has 0 saturated heterocycles. The Morgan fingerprint density at radius 1 is 1.19 bits per heavy atom. The Balaban J connectivity index is 2.07. The van der Waals surface area contributed by atoms with Crippen LogP contribution < -0.4 is 10.1 Å². The number of nitriles is 1. The van der Waals surface area contributed by atoms with Gasteiger partial charge in [0.15, 0.2) is 6.10 Å². The molecular weight excluding hydrogens is 264 g/mol. The van der Waals surface area contributed by atoms with Gasteiger partial charge >= 0.3 is 0 Å². The van der Waals surface area contributed by atoms with Gasteiger partial charge in [0.1, 0.15) is 11.8 Å². The summed E-state index contributed by atoms with van der Waals surface area (Å²) in [7, 11) is 0. The highest BCUT2D eigenvalue weighted by molar-refractivity contribution is 5.95. The molecule has 1 atom stereocenters. The fraction of sp³-hybridized carbons (Fsp3) is 0.176. The average molecular weight is 280 g/mol. The second-order valence-electron chi connectivity index (χ2n) is 4.67. The van der Waals surface area contributed by atoms with Crippen LogP contribution in [0.4, 0.5) is 5.69 Å². The summed E-state index contributed by atoms with van der Waals surface area (Å²) >= 11 is 0. The molecule has 4 nitrogen and oxygen atoms in total. The van der Waals surface area contributed by atoms with Crippen LogP contribution in [0, 0.1) is 18.3 Å². The van der Waals surface area contributed by atoms with Crippen molar-refractivity contribution < 1.29 is 9.53 Å². The van der Waals surface area contributed by atoms with Crippen LogP contribution in [0.15, 0.2) is 48.5 Å². The number of carbonyl (C=O) groups is 1. The molecule has 0 heterocycles. The number of anilines is 1. The van der Waals surface area contributed by atoms with Gasteiger partial charge < -0.3 is 10.1 Å². The van der Waals surface area contributed by atoms with Gasteiger partial charge in [-0.05, 0) is 37.6 Å². The molecule has 106 valence electrons. The molecule has 2 rings (SSSR count). The van der Waals surface area contributed by atoms with Gasteiger partial charge in [-0.1, -0.05) is 30.3 Å². The summed E-state index contributed by atoms with van der Waals surface area (Å²) < 4.78 is 5.66. The summed E-state index contributed by atoms with van der Waals surface area (Å²) in [5, 5.41) is 11.7. The van der Waals surface area contributed by atoms with Crippen LogP contribution in [-0.2, 0) is 4.79 Å². The van der Waals surface area contributed by atoms with Gasteiger partial charge in [-0.2, -0.15) is 5.26 Å². The number of carbonyl (C=O) groups excluding carboxylic acids is 1. The van der Waals surface area contributed by atoms with Gasteiger partial charge in [0.2, 0.25) is 0 Å². The van der Waals surface area contributed by atoms with Crippen molar-refractivity contribution in [3.05, 3.63) is 59.7 Å². The van der Waals surface area contributed by atoms with Gasteiger partial charge in [0.05, 0.1) is 11.3 Å². The lowest BCUT2D eigenvalue weighted by molar-refractivity contribution is -0.122. The van der Waals surface area contributed by atoms with Crippen molar-refractivity contribution in [3.8, 4) is 11.8 Å². The Morgan fingerprint density at radius 3 is 2.57 bits per heavy atom. The van der Waals surface area contributed by atoms with E-state index >= 15 is 0 Å². The van der Waals surface area contributed by atoms with Crippen molar-refractivity contribution in [2.45, 2.75) is 20.0 Å². The Morgan fingerprint density at radius 2 is 1.86 bits per heavy atom. The molecule has 4 heteroatoms. The van der Waals surface area contributed by atoms with E-state index in [1.807, 2.05) is 37.3 Å². The highest BCUT2D eigenvalue weighted by Crippen LogP contribution is 2.19. The molecule has 0 unspecified atom stereocenters. The fourth-order valence-corrected chi connectivity index (χ4v) is 1.86. The molecule has 0 radical (unpaired) electrons. The first-order chi connectivity index (χ1) is 10.1. The molecule has 2 aromatic rings. The number of nitrogens with zero attached hydrogens (tertiary/aromatic N) is 1. The van der Waals surface area contributed by atoms with E-state index in [0.29, 0.717) is 17.0 Å². The van der Waals surface area contributed by atoms with Gasteiger partial charge in [0, 0.05) is 0 Å². The highest BCUT2D eigenvalue weighted by atomic mass is 16.5. The molecule has 0 aliphatic heterocycles. The van der Waals surface area contributed by atoms with Crippen LogP contribution in [0.1, 0.15) is 18.1 Å². The van der Waals surface area contributed by atoms with Crippen molar-refractivity contribution in [1.82, 2.24) is 0 Å². The normalized spacial score (nSPS) is 11.3. The predicted octanol–water partition coefficient (Wildman–Crippen LogP) is 3.27. The molecule has 0 bridgehead atoms. The van der Waals surface area contributed by atoms with E-state index in [2.05, 4.69) is 5.32 Å². The summed E-state index contributed by atoms with van der Waals surface area (Å²) in [5.41, 5.74) is 1.88. The Kier molecular flexibility index (Phi) is 4.57. The lowest BCUT2D eigenvalue weighted by Crippen LogP contribution is -2.30. The van der Waals surface area contributed by atoms with Crippen molar-refractivity contribution >= 4 is 11.6 Å². The summed E-state index contributed by atoms with van der Waals surface area (Å²) in [6.45, 7) is 3.60. The molecule has 21 heavy (non-hydrogen) atoms. The summed E-state index contributed by atoms with van der Waals surface area (Å²) in [5.74, 6) is 0.384. The summed E-state index contributed by atoms with van der Waals surface area (Å²) in [6, 6.07) is 16.4. The van der Waals surface area contributed by atoms with Crippen molar-refractivity contribution in [3.63, 3.8) is 0 Å². The zero-order valence-corrected chi connectivity index (χ0v) is 12.0. The van der Waals surface area contributed by atoms with Gasteiger partial charge in [-0.25, -0.2) is 0 Å². The average Bonchev–Trinajstić information content (AvgIpc) is 2.50. The van der Waals surface area contributed by atoms with Gasteiger partial charge in [0.25, 0.3) is 5.91 Å². The Bertz CT molecular complexity index is 689. The van der Waals surface area contributed by atoms with E-state index in [-0.39, 0.29) is 5.91 Å². The third-order valence-electron chi connectivity index (χ3n) is 3.07. The van der Waals surface area contributed by atoms with Crippen molar-refractivity contribution in [2.24, 2.45) is 0 Å². The quantitative estimate of drug-likeness (QED) is 0.935. The van der Waals surface area contributed by atoms with E-state index in [0.717, 1.165) is 5.56 Å². The number of para-hydroxylation sites is 2. The van der Waals surface area contributed by atoms with E-state index in [4.69, 9.17) is 10.00 Å². The minimum absolute atomic E-state index is 0.291. The smallest absolute Gasteiger partial charge is 0.265 e. The zero-order valence-electron chi connectivity index (χ0n) is 12.0. The number of rotatable bonds is 4. The van der Waals surface area contributed by atoms with Crippen LogP contribution in [0.2, 0.25) is 0 Å². The van der Waals surface area contributed by atoms with Crippen LogP contribution in [0.5, 0.6) is 5.75 Å². The molecule has 1 amide bonds. The number of aryl methyl sites for hydroxylation is 1. The predicted molar refractivity (Wildman–Crippen MR) is 81.1 cm³/mol. The molecule has 0 aliphatic carbocycles. The van der Waals surface area contributed by atoms with Crippen LogP contribution in [-0.4, -0.2) is 12.0 Å². The lowest BCUT2D eigenvalue weighted by Gasteiger charge is -2.16. The first-order valence-corrected chi connectivity index (χ1v) is 6.64. The monoisotopic (exact) mass is 280 g/mol. The number of ether oxygens (including phenoxy) is 1. The standard InChI is InChI=1S/C17H16N2O2/c1-12-7-3-6-10-16(12)21-13(2)17(20)19-15-9-5-4-8-14(15)11-18/h3-10,13H,1-2H3,(H,19,20)/t13-/m0/s1. The minimum atomic E-state index is -0.655. The maximum Gasteiger partial charge on any atom is 0.265 e. The zero-order chi connectivity index (χ0) is 15.2. The minimum Gasteiger partial charge on any atom is -0.481 e. The third kappa shape index (κ3) is 3.61. The number of benzene rings is 2. The molecule has 0 spiro atoms. The van der Waals surface area contributed by atoms with E-state index in [1.54, 1.807) is 31.2 Å². The van der Waals surface area contributed by atoms with Crippen LogP contribution in [0.3, 0.4) is 0 Å². The van der Waals surface area contributed by atoms with Gasteiger partial charge in [-0.15, -0.1) is 0 Å². The number of hydrogen-bond acceptors (Lipinski definition) is 3. The third-order valence-corrected chi connectivity index (χ3v) is 3.07. The molecule has 2 aromatic carbocycles. The lowest BCUT2D eigenvalue weighted by atomic mass is 10.2. The molecule has 0 saturated carbocycles. The second kappa shape index (κ2) is 6.58. The fourth-order valence-electron chi connectivity index (χ4n) is 1.86. The van der Waals surface area contributed by atoms with Gasteiger partial charge in [-0.3, -0.25) is 4.79 Å².